The second-order valence-electron chi connectivity index (χ2n) is 10.7. The molecule has 0 saturated carbocycles. The van der Waals surface area contributed by atoms with Crippen molar-refractivity contribution >= 4 is 75.1 Å². The number of β-lactam (4-membered cyclic amide) rings is 1. The zero-order valence-corrected chi connectivity index (χ0v) is 26.6. The fraction of sp³-hybridized carbons (Fsp3) is 0.370. The zero-order chi connectivity index (χ0) is 31.8. The number of esters is 1. The van der Waals surface area contributed by atoms with Gasteiger partial charge in [0.05, 0.1) is 12.0 Å². The van der Waals surface area contributed by atoms with E-state index in [1.807, 2.05) is 43.5 Å². The van der Waals surface area contributed by atoms with Gasteiger partial charge in [-0.2, -0.15) is 4.40 Å². The fourth-order valence-electron chi connectivity index (χ4n) is 4.75. The first-order valence-electron chi connectivity index (χ1n) is 13.3. The normalized spacial score (nSPS) is 18.6. The molecule has 5 N–H and O–H groups in total. The van der Waals surface area contributed by atoms with Crippen molar-refractivity contribution in [2.45, 2.75) is 49.2 Å². The van der Waals surface area contributed by atoms with E-state index in [1.165, 1.54) is 35.5 Å². The van der Waals surface area contributed by atoms with Crippen LogP contribution in [0.2, 0.25) is 0 Å². The minimum atomic E-state index is -1.23. The summed E-state index contributed by atoms with van der Waals surface area (Å²) in [7, 11) is 1.28. The Hall–Kier alpha value is -4.09. The van der Waals surface area contributed by atoms with Crippen molar-refractivity contribution in [1.82, 2.24) is 20.2 Å². The lowest BCUT2D eigenvalue weighted by Crippen LogP contribution is -2.71. The van der Waals surface area contributed by atoms with E-state index in [9.17, 15) is 24.3 Å². The van der Waals surface area contributed by atoms with E-state index in [4.69, 9.17) is 15.3 Å². The van der Waals surface area contributed by atoms with Crippen LogP contribution >= 0.6 is 34.9 Å². The summed E-state index contributed by atoms with van der Waals surface area (Å²) in [5.74, 6) is -2.16. The van der Waals surface area contributed by atoms with Gasteiger partial charge in [-0.25, -0.2) is 14.8 Å². The highest BCUT2D eigenvalue weighted by molar-refractivity contribution is 8.01. The highest BCUT2D eigenvalue weighted by Gasteiger charge is 2.54. The molecule has 2 aliphatic heterocycles. The number of thiazole rings is 1. The molecule has 1 saturated heterocycles. The number of amides is 2. The predicted octanol–water partition coefficient (Wildman–Crippen LogP) is 1.56. The van der Waals surface area contributed by atoms with E-state index in [1.54, 1.807) is 11.6 Å². The number of rotatable bonds is 10. The fourth-order valence-corrected chi connectivity index (χ4v) is 7.79. The molecule has 0 bridgehead atoms. The van der Waals surface area contributed by atoms with E-state index < -0.39 is 34.8 Å². The number of aromatic amines is 1. The Balaban J connectivity index is 1.30. The van der Waals surface area contributed by atoms with Gasteiger partial charge < -0.3 is 25.7 Å². The molecular formula is C27H30N7O7S3+. The van der Waals surface area contributed by atoms with Gasteiger partial charge in [-0.1, -0.05) is 16.9 Å². The molecule has 1 fully saturated rings. The number of fused-ring (bicyclic) bond motifs is 2. The number of carbonyl (C=O) groups is 4. The number of imidazole rings is 1. The quantitative estimate of drug-likeness (QED) is 0.0616. The van der Waals surface area contributed by atoms with Gasteiger partial charge in [0.2, 0.25) is 0 Å². The number of hydrogen-bond donors (Lipinski definition) is 4. The lowest BCUT2D eigenvalue weighted by molar-refractivity contribution is -0.553. The van der Waals surface area contributed by atoms with Gasteiger partial charge in [-0.3, -0.25) is 19.3 Å². The van der Waals surface area contributed by atoms with Gasteiger partial charge in [0.1, 0.15) is 47.9 Å². The smallest absolute Gasteiger partial charge is 0.352 e. The number of nitrogens with one attached hydrogen (secondary N) is 2. The number of carbonyl (C=O) groups excluding carboxylic acids is 3. The molecule has 3 aromatic rings. The number of H-pyrrole nitrogens is 1. The Morgan fingerprint density at radius 3 is 2.77 bits per heavy atom. The molecule has 5 rings (SSSR count). The van der Waals surface area contributed by atoms with Crippen LogP contribution in [0.5, 0.6) is 0 Å². The molecule has 44 heavy (non-hydrogen) atoms. The van der Waals surface area contributed by atoms with Crippen molar-refractivity contribution in [2.24, 2.45) is 5.16 Å². The SMILES string of the molecule is CO/N=C(\C(=O)N[C@@H]1C(=O)N2C(C(=O)O)=C(CSc3ccc(CC(=O)OC(C)(C)C)c4[nH]cc[n+]34)CS[C@@H]12)c1csc(N)n1. The third-order valence-electron chi connectivity index (χ3n) is 6.50. The van der Waals surface area contributed by atoms with Crippen molar-refractivity contribution in [1.29, 1.82) is 0 Å². The van der Waals surface area contributed by atoms with Crippen LogP contribution in [-0.2, 0) is 35.2 Å². The summed E-state index contributed by atoms with van der Waals surface area (Å²) in [6, 6.07) is 2.74. The van der Waals surface area contributed by atoms with E-state index in [0.717, 1.165) is 27.6 Å². The molecule has 0 radical (unpaired) electrons. The number of hydrogen-bond acceptors (Lipinski definition) is 12. The molecular weight excluding hydrogens is 631 g/mol. The summed E-state index contributed by atoms with van der Waals surface area (Å²) in [6.45, 7) is 5.44. The van der Waals surface area contributed by atoms with Gasteiger partial charge >= 0.3 is 11.9 Å². The topological polar surface area (TPSA) is 193 Å². The number of aromatic nitrogens is 3. The lowest BCUT2D eigenvalue weighted by Gasteiger charge is -2.49. The molecule has 3 aromatic heterocycles. The summed E-state index contributed by atoms with van der Waals surface area (Å²) in [5, 5.41) is 18.5. The molecule has 0 unspecified atom stereocenters. The largest absolute Gasteiger partial charge is 0.477 e. The van der Waals surface area contributed by atoms with E-state index >= 15 is 0 Å². The number of carboxylic acids is 1. The Labute approximate surface area is 264 Å². The van der Waals surface area contributed by atoms with E-state index in [2.05, 4.69) is 20.4 Å². The Morgan fingerprint density at radius 1 is 1.34 bits per heavy atom. The van der Waals surface area contributed by atoms with Crippen molar-refractivity contribution in [3.05, 3.63) is 52.4 Å². The summed E-state index contributed by atoms with van der Waals surface area (Å²) < 4.78 is 7.35. The molecule has 14 nitrogen and oxygen atoms in total. The monoisotopic (exact) mass is 660 g/mol. The van der Waals surface area contributed by atoms with Crippen LogP contribution in [0.4, 0.5) is 5.13 Å². The van der Waals surface area contributed by atoms with Crippen LogP contribution in [0.1, 0.15) is 32.0 Å². The van der Waals surface area contributed by atoms with Crippen LogP contribution in [0.3, 0.4) is 0 Å². The number of anilines is 1. The number of ether oxygens (including phenoxy) is 1. The molecule has 0 aromatic carbocycles. The maximum atomic E-state index is 13.2. The number of pyridine rings is 1. The van der Waals surface area contributed by atoms with Crippen LogP contribution in [0.25, 0.3) is 5.65 Å². The number of nitrogens with zero attached hydrogens (tertiary/aromatic N) is 4. The summed E-state index contributed by atoms with van der Waals surface area (Å²) in [4.78, 5) is 64.2. The number of aliphatic carboxylic acids is 1. The standard InChI is InChI=1S/C27H29N7O7S3/c1-27(2,3)41-17(35)9-13-5-6-16(33-8-7-29-21(13)33)42-10-14-11-43-24-19(23(37)34(24)20(14)25(38)39)31-22(36)18(32-40-4)15-12-44-26(28)30-15/h5-8,12,19,24H,9-11H2,1-4H3,(H4,28,30,31,36,38,39)/p+1/b32-18-/t19-,24+/m1/s1. The predicted molar refractivity (Wildman–Crippen MR) is 164 cm³/mol. The molecule has 5 heterocycles. The summed E-state index contributed by atoms with van der Waals surface area (Å²) >= 11 is 3.89. The minimum absolute atomic E-state index is 0.0873. The number of nitrogen functional groups attached to an aromatic ring is 1. The van der Waals surface area contributed by atoms with Crippen LogP contribution in [0.15, 0.2) is 51.4 Å². The van der Waals surface area contributed by atoms with Crippen LogP contribution < -0.4 is 15.5 Å². The van der Waals surface area contributed by atoms with Crippen molar-refractivity contribution < 1.29 is 38.3 Å². The molecule has 232 valence electrons. The summed E-state index contributed by atoms with van der Waals surface area (Å²) in [6.07, 6.45) is 3.66. The number of oxime groups is 1. The molecule has 0 spiro atoms. The molecule has 0 aliphatic carbocycles. The minimum Gasteiger partial charge on any atom is -0.477 e. The van der Waals surface area contributed by atoms with Crippen LogP contribution in [-0.4, -0.2) is 85.1 Å². The highest BCUT2D eigenvalue weighted by atomic mass is 32.2. The van der Waals surface area contributed by atoms with Gasteiger partial charge in [0.25, 0.3) is 17.5 Å². The first-order valence-corrected chi connectivity index (χ1v) is 16.2. The number of carboxylic acid groups (broad SMARTS) is 1. The zero-order valence-electron chi connectivity index (χ0n) is 24.2. The number of nitrogens with two attached hydrogens (primary N) is 1. The average Bonchev–Trinajstić information content (AvgIpc) is 3.62. The Morgan fingerprint density at radius 2 is 2.11 bits per heavy atom. The first-order chi connectivity index (χ1) is 20.9. The third-order valence-corrected chi connectivity index (χ3v) is 9.64. The second kappa shape index (κ2) is 12.5. The molecule has 2 atom stereocenters. The third kappa shape index (κ3) is 6.39. The molecule has 17 heteroatoms. The van der Waals surface area contributed by atoms with Crippen molar-refractivity contribution in [2.75, 3.05) is 24.3 Å². The van der Waals surface area contributed by atoms with Gasteiger partial charge in [0, 0.05) is 16.9 Å². The lowest BCUT2D eigenvalue weighted by atomic mass is 10.0. The van der Waals surface area contributed by atoms with Crippen LogP contribution in [0, 0.1) is 0 Å². The van der Waals surface area contributed by atoms with Gasteiger partial charge in [-0.15, -0.1) is 23.1 Å². The maximum absolute atomic E-state index is 13.2. The van der Waals surface area contributed by atoms with Gasteiger partial charge in [0.15, 0.2) is 15.9 Å². The highest BCUT2D eigenvalue weighted by Crippen LogP contribution is 2.41. The second-order valence-corrected chi connectivity index (χ2v) is 13.7. The molecule has 2 amide bonds. The van der Waals surface area contributed by atoms with Gasteiger partial charge in [-0.05, 0) is 38.5 Å². The van der Waals surface area contributed by atoms with Crippen molar-refractivity contribution in [3.63, 3.8) is 0 Å². The van der Waals surface area contributed by atoms with E-state index in [0.29, 0.717) is 17.1 Å². The Bertz CT molecular complexity index is 1710. The van der Waals surface area contributed by atoms with Crippen molar-refractivity contribution in [3.8, 4) is 0 Å². The first kappa shape index (κ1) is 31.3. The summed E-state index contributed by atoms with van der Waals surface area (Å²) in [5.41, 5.74) is 7.09. The Kier molecular flexibility index (Phi) is 8.90. The maximum Gasteiger partial charge on any atom is 0.352 e. The van der Waals surface area contributed by atoms with E-state index in [-0.39, 0.29) is 34.6 Å². The molecule has 2 aliphatic rings. The average molecular weight is 661 g/mol. The number of thioether (sulfide) groups is 2.